The summed E-state index contributed by atoms with van der Waals surface area (Å²) in [6.07, 6.45) is 25.4. The van der Waals surface area contributed by atoms with Crippen molar-refractivity contribution in [3.05, 3.63) is 184 Å². The molecule has 11 rings (SSSR count). The molecule has 0 saturated carbocycles. The van der Waals surface area contributed by atoms with Gasteiger partial charge in [0, 0.05) is 77.6 Å². The molecule has 4 N–H and O–H groups in total. The van der Waals surface area contributed by atoms with Gasteiger partial charge in [-0.3, -0.25) is 15.2 Å². The average Bonchev–Trinajstić information content (AvgIpc) is 4.38. The second-order valence-electron chi connectivity index (χ2n) is 13.3. The van der Waals surface area contributed by atoms with Crippen molar-refractivity contribution in [3.8, 4) is 0 Å². The number of aromatic nitrogens is 18. The lowest BCUT2D eigenvalue weighted by Gasteiger charge is -1.74. The molecule has 0 radical (unpaired) electrons. The van der Waals surface area contributed by atoms with Gasteiger partial charge in [-0.15, -0.1) is 21.5 Å². The standard InChI is InChI=1S/C5H7N.C4H6N2S.3C4H6N2.2C4H5NO.2C4H5NS.C3H5N3.C3H4N2O.10C2H6/c1-5-2-3-6-4-5;1-3-5-4(2)7-6-3;1-4-2-5-3-6-4;1-4-2-5-6-3-4;1-4-2-3-5-6-4;1-4-2-6-3-5-4;1-4-2-5-6-3-4;1-4-2-6-3-5-4;1-4-2-5-6-3-4;1-6-2-4-5-3-6;1-3-4-2-6-5-3;10*1-2/h2-4,6H,1H3;1-2H3;3*2-3H,1H3,(H,5,6);5*2-3H,1H3;2H,1H3;10*1-2H3. The Hall–Kier alpha value is -7.57. The number of hydrogen-bond acceptors (Lipinski definition) is 19. The molecule has 11 heterocycles. The lowest BCUT2D eigenvalue weighted by atomic mass is 10.4. The van der Waals surface area contributed by atoms with Crippen molar-refractivity contribution in [2.24, 2.45) is 7.05 Å². The molecule has 0 spiro atoms. The van der Waals surface area contributed by atoms with Crippen LogP contribution in [0.15, 0.2) is 136 Å². The van der Waals surface area contributed by atoms with Gasteiger partial charge in [0.15, 0.2) is 12.2 Å². The Balaban J connectivity index is -0.0000000910. The van der Waals surface area contributed by atoms with Crippen molar-refractivity contribution in [1.29, 1.82) is 0 Å². The first-order chi connectivity index (χ1) is 42.2. The van der Waals surface area contributed by atoms with E-state index in [1.807, 2.05) is 261 Å². The van der Waals surface area contributed by atoms with Gasteiger partial charge in [0.05, 0.1) is 29.9 Å². The van der Waals surface area contributed by atoms with Gasteiger partial charge >= 0.3 is 0 Å². The highest BCUT2D eigenvalue weighted by Gasteiger charge is 1.88. The zero-order valence-corrected chi connectivity index (χ0v) is 62.2. The van der Waals surface area contributed by atoms with Gasteiger partial charge < -0.3 is 28.0 Å². The van der Waals surface area contributed by atoms with E-state index in [1.54, 1.807) is 79.1 Å². The van der Waals surface area contributed by atoms with E-state index < -0.39 is 0 Å². The number of oxazole rings is 1. The zero-order chi connectivity index (χ0) is 69.3. The molecule has 0 amide bonds. The van der Waals surface area contributed by atoms with E-state index in [0.29, 0.717) is 5.82 Å². The van der Waals surface area contributed by atoms with Crippen LogP contribution in [0.5, 0.6) is 0 Å². The van der Waals surface area contributed by atoms with E-state index in [0.717, 1.165) is 39.2 Å². The van der Waals surface area contributed by atoms with Crippen molar-refractivity contribution >= 4 is 34.4 Å². The summed E-state index contributed by atoms with van der Waals surface area (Å²) in [6, 6.07) is 3.94. The van der Waals surface area contributed by atoms with E-state index in [4.69, 9.17) is 0 Å². The van der Waals surface area contributed by atoms with Crippen LogP contribution in [0.1, 0.15) is 200 Å². The van der Waals surface area contributed by atoms with Crippen LogP contribution >= 0.6 is 34.4 Å². The molecular formula is C63H120N18O3S3. The highest BCUT2D eigenvalue weighted by atomic mass is 32.1. The number of nitrogens with one attached hydrogen (secondary N) is 4. The summed E-state index contributed by atoms with van der Waals surface area (Å²) in [5.41, 5.74) is 10.9. The predicted octanol–water partition coefficient (Wildman–Crippen LogP) is 20.0. The first kappa shape index (κ1) is 101. The van der Waals surface area contributed by atoms with Crippen LogP contribution in [0.4, 0.5) is 0 Å². The van der Waals surface area contributed by atoms with Gasteiger partial charge in [-0.2, -0.15) is 19.6 Å². The predicted molar refractivity (Wildman–Crippen MR) is 375 cm³/mol. The van der Waals surface area contributed by atoms with Crippen molar-refractivity contribution in [2.45, 2.75) is 215 Å². The number of hydrogen-bond donors (Lipinski definition) is 4. The zero-order valence-electron chi connectivity index (χ0n) is 59.8. The summed E-state index contributed by atoms with van der Waals surface area (Å²) in [6.45, 7) is 61.4. The summed E-state index contributed by atoms with van der Waals surface area (Å²) in [4.78, 5) is 24.9. The Bertz CT molecular complexity index is 1980. The molecule has 87 heavy (non-hydrogen) atoms. The van der Waals surface area contributed by atoms with Crippen molar-refractivity contribution in [2.75, 3.05) is 0 Å². The molecule has 0 bridgehead atoms. The molecule has 0 aromatic carbocycles. The van der Waals surface area contributed by atoms with E-state index in [-0.39, 0.29) is 0 Å². The van der Waals surface area contributed by atoms with Crippen molar-refractivity contribution in [1.82, 2.24) is 89.1 Å². The molecule has 11 aromatic heterocycles. The maximum Gasteiger partial charge on any atom is 0.213 e. The van der Waals surface area contributed by atoms with E-state index >= 15 is 0 Å². The smallest absolute Gasteiger partial charge is 0.213 e. The number of thiazole rings is 1. The summed E-state index contributed by atoms with van der Waals surface area (Å²) >= 11 is 4.56. The number of imidazole rings is 1. The third kappa shape index (κ3) is 89.8. The van der Waals surface area contributed by atoms with Crippen LogP contribution in [-0.4, -0.2) is 89.1 Å². The molecule has 0 aliphatic carbocycles. The topological polar surface area (TPSA) is 275 Å². The summed E-state index contributed by atoms with van der Waals surface area (Å²) in [5, 5.41) is 31.8. The SMILES string of the molecule is CC.CC.CC.CC.CC.CC.CC.CC.CC.CC.Cc1cc[nH]c1.Cc1ccn[nH]1.Cc1cn[nH]c1.Cc1cnc[nH]1.Cc1cnoc1.Cc1cnsc1.Cc1cocn1.Cc1cscn1.Cc1ncon1.Cc1nsc(C)n1.Cn1cnnc1. The number of nitrogens with zero attached hydrogens (tertiary/aromatic N) is 14. The first-order valence-electron chi connectivity index (χ1n) is 29.9. The Kier molecular flexibility index (Phi) is 107. The largest absolute Gasteiger partial charge is 0.452 e. The molecule has 0 aliphatic heterocycles. The number of H-pyrrole nitrogens is 4. The monoisotopic (exact) mass is 1270 g/mol. The molecule has 0 unspecified atom stereocenters. The summed E-state index contributed by atoms with van der Waals surface area (Å²) < 4.78 is 23.0. The molecule has 11 aromatic rings. The molecular weight excluding hydrogens is 1150 g/mol. The fourth-order valence-electron chi connectivity index (χ4n) is 3.31. The summed E-state index contributed by atoms with van der Waals surface area (Å²) in [5.74, 6) is 1.55. The fourth-order valence-corrected chi connectivity index (χ4v) is 4.85. The van der Waals surface area contributed by atoms with Crippen molar-refractivity contribution < 1.29 is 13.5 Å². The minimum absolute atomic E-state index is 0.676. The lowest BCUT2D eigenvalue weighted by Crippen LogP contribution is -1.76. The summed E-state index contributed by atoms with van der Waals surface area (Å²) in [7, 11) is 1.88. The molecule has 0 saturated heterocycles. The molecule has 0 aliphatic rings. The Labute approximate surface area is 539 Å². The molecule has 498 valence electrons. The third-order valence-electron chi connectivity index (χ3n) is 6.52. The number of aromatic amines is 4. The molecule has 24 heteroatoms. The molecule has 21 nitrogen and oxygen atoms in total. The van der Waals surface area contributed by atoms with Gasteiger partial charge in [0.2, 0.25) is 6.39 Å². The van der Waals surface area contributed by atoms with Gasteiger partial charge in [-0.1, -0.05) is 149 Å². The van der Waals surface area contributed by atoms with Crippen LogP contribution in [-0.2, 0) is 7.05 Å². The van der Waals surface area contributed by atoms with Gasteiger partial charge in [0.25, 0.3) is 0 Å². The Morgan fingerprint density at radius 2 is 1.14 bits per heavy atom. The van der Waals surface area contributed by atoms with Crippen LogP contribution < -0.4 is 0 Å². The Morgan fingerprint density at radius 3 is 1.26 bits per heavy atom. The average molecular weight is 1270 g/mol. The minimum Gasteiger partial charge on any atom is -0.452 e. The third-order valence-corrected chi connectivity index (χ3v) is 8.64. The molecule has 0 atom stereocenters. The van der Waals surface area contributed by atoms with Gasteiger partial charge in [0.1, 0.15) is 36.0 Å². The van der Waals surface area contributed by atoms with E-state index in [2.05, 4.69) is 105 Å². The van der Waals surface area contributed by atoms with Crippen LogP contribution in [0.3, 0.4) is 0 Å². The Morgan fingerprint density at radius 1 is 0.529 bits per heavy atom. The lowest BCUT2D eigenvalue weighted by molar-refractivity contribution is 0.412. The normalized spacial score (nSPS) is 7.54. The van der Waals surface area contributed by atoms with E-state index in [1.165, 1.54) is 52.5 Å². The first-order valence-corrected chi connectivity index (χ1v) is 32.4. The molecule has 0 fully saturated rings. The number of aryl methyl sites for hydroxylation is 12. The second-order valence-corrected chi connectivity index (χ2v) is 15.6. The van der Waals surface area contributed by atoms with Gasteiger partial charge in [-0.05, 0) is 128 Å². The highest BCUT2D eigenvalue weighted by Crippen LogP contribution is 1.99. The minimum atomic E-state index is 0.676. The fraction of sp³-hybridized carbons (Fsp3) is 0.508. The van der Waals surface area contributed by atoms with Crippen LogP contribution in [0.25, 0.3) is 0 Å². The van der Waals surface area contributed by atoms with Gasteiger partial charge in [-0.25, -0.2) is 19.3 Å². The van der Waals surface area contributed by atoms with E-state index in [9.17, 15) is 0 Å². The quantitative estimate of drug-likeness (QED) is 0.110. The maximum atomic E-state index is 4.60. The van der Waals surface area contributed by atoms with Crippen LogP contribution in [0.2, 0.25) is 0 Å². The van der Waals surface area contributed by atoms with Crippen molar-refractivity contribution in [3.63, 3.8) is 0 Å². The van der Waals surface area contributed by atoms with Crippen LogP contribution in [0, 0.1) is 76.2 Å². The highest BCUT2D eigenvalue weighted by molar-refractivity contribution is 7.07. The number of rotatable bonds is 0. The second kappa shape index (κ2) is 92.2. The maximum absolute atomic E-state index is 4.60.